The molecule has 1 aliphatic rings. The van der Waals surface area contributed by atoms with E-state index in [0.717, 1.165) is 36.8 Å². The van der Waals surface area contributed by atoms with Crippen molar-refractivity contribution in [1.82, 2.24) is 9.78 Å². The standard InChI is InChI=1S/C14H17N3O3/c1-19-14(18)9-6-11(15)10-8-16-17(12(10)7-9)13-4-2-3-5-20-13/h6-8,13H,2-5,15H2,1H3. The molecule has 3 rings (SSSR count). The van der Waals surface area contributed by atoms with E-state index in [2.05, 4.69) is 5.10 Å². The minimum atomic E-state index is -0.407. The molecule has 6 heteroatoms. The van der Waals surface area contributed by atoms with Gasteiger partial charge < -0.3 is 15.2 Å². The molecule has 2 heterocycles. The van der Waals surface area contributed by atoms with Crippen molar-refractivity contribution in [2.75, 3.05) is 19.5 Å². The Balaban J connectivity index is 2.09. The molecule has 1 fully saturated rings. The zero-order valence-corrected chi connectivity index (χ0v) is 11.3. The Morgan fingerprint density at radius 1 is 1.50 bits per heavy atom. The Labute approximate surface area is 116 Å². The molecule has 2 aromatic rings. The molecule has 1 aromatic carbocycles. The number of fused-ring (bicyclic) bond motifs is 1. The van der Waals surface area contributed by atoms with Gasteiger partial charge in [-0.05, 0) is 31.4 Å². The van der Waals surface area contributed by atoms with Crippen LogP contribution in [-0.2, 0) is 9.47 Å². The van der Waals surface area contributed by atoms with Crippen LogP contribution < -0.4 is 5.73 Å². The molecule has 0 saturated carbocycles. The van der Waals surface area contributed by atoms with Crippen LogP contribution in [0.3, 0.4) is 0 Å². The molecule has 1 unspecified atom stereocenters. The lowest BCUT2D eigenvalue weighted by Crippen LogP contribution is -2.19. The molecule has 1 atom stereocenters. The number of benzene rings is 1. The first kappa shape index (κ1) is 12.9. The topological polar surface area (TPSA) is 79.4 Å². The summed E-state index contributed by atoms with van der Waals surface area (Å²) in [5.74, 6) is -0.407. The average molecular weight is 275 g/mol. The zero-order valence-electron chi connectivity index (χ0n) is 11.3. The maximum Gasteiger partial charge on any atom is 0.338 e. The first-order valence-corrected chi connectivity index (χ1v) is 6.67. The van der Waals surface area contributed by atoms with E-state index in [1.165, 1.54) is 7.11 Å². The number of nitrogens with zero attached hydrogens (tertiary/aromatic N) is 2. The van der Waals surface area contributed by atoms with E-state index in [1.807, 2.05) is 0 Å². The molecule has 1 aromatic heterocycles. The summed E-state index contributed by atoms with van der Waals surface area (Å²) in [4.78, 5) is 11.7. The third-order valence-electron chi connectivity index (χ3n) is 3.60. The van der Waals surface area contributed by atoms with Gasteiger partial charge in [0, 0.05) is 17.7 Å². The van der Waals surface area contributed by atoms with Gasteiger partial charge in [-0.1, -0.05) is 0 Å². The molecule has 1 aliphatic heterocycles. The van der Waals surface area contributed by atoms with Crippen LogP contribution >= 0.6 is 0 Å². The summed E-state index contributed by atoms with van der Waals surface area (Å²) in [6.45, 7) is 0.734. The van der Waals surface area contributed by atoms with Crippen molar-refractivity contribution in [3.05, 3.63) is 23.9 Å². The highest BCUT2D eigenvalue weighted by Crippen LogP contribution is 2.29. The molecule has 2 N–H and O–H groups in total. The Morgan fingerprint density at radius 3 is 3.05 bits per heavy atom. The average Bonchev–Trinajstić information content (AvgIpc) is 2.91. The SMILES string of the molecule is COC(=O)c1cc(N)c2cnn(C3CCCCO3)c2c1. The maximum absolute atomic E-state index is 11.7. The predicted octanol–water partition coefficient (Wildman–Crippen LogP) is 2.10. The van der Waals surface area contributed by atoms with Crippen molar-refractivity contribution < 1.29 is 14.3 Å². The van der Waals surface area contributed by atoms with E-state index in [4.69, 9.17) is 15.2 Å². The van der Waals surface area contributed by atoms with Crippen LogP contribution in [0, 0.1) is 0 Å². The summed E-state index contributed by atoms with van der Waals surface area (Å²) in [6, 6.07) is 3.37. The number of carbonyl (C=O) groups excluding carboxylic acids is 1. The smallest absolute Gasteiger partial charge is 0.338 e. The lowest BCUT2D eigenvalue weighted by Gasteiger charge is -2.23. The third kappa shape index (κ3) is 2.12. The number of aromatic nitrogens is 2. The van der Waals surface area contributed by atoms with Crippen LogP contribution in [-0.4, -0.2) is 29.5 Å². The molecule has 106 valence electrons. The molecule has 0 aliphatic carbocycles. The van der Waals surface area contributed by atoms with Crippen LogP contribution in [0.4, 0.5) is 5.69 Å². The number of esters is 1. The molecule has 0 amide bonds. The first-order chi connectivity index (χ1) is 9.70. The van der Waals surface area contributed by atoms with Gasteiger partial charge in [0.15, 0.2) is 6.23 Å². The van der Waals surface area contributed by atoms with Gasteiger partial charge in [-0.2, -0.15) is 5.10 Å². The third-order valence-corrected chi connectivity index (χ3v) is 3.60. The lowest BCUT2D eigenvalue weighted by molar-refractivity contribution is -0.0366. The highest BCUT2D eigenvalue weighted by Gasteiger charge is 2.20. The number of nitrogen functional groups attached to an aromatic ring is 1. The number of hydrogen-bond acceptors (Lipinski definition) is 5. The molecule has 6 nitrogen and oxygen atoms in total. The Bertz CT molecular complexity index is 644. The summed E-state index contributed by atoms with van der Waals surface area (Å²) in [7, 11) is 1.35. The van der Waals surface area contributed by atoms with Crippen molar-refractivity contribution in [2.45, 2.75) is 25.5 Å². The largest absolute Gasteiger partial charge is 0.465 e. The number of anilines is 1. The fourth-order valence-corrected chi connectivity index (χ4v) is 2.55. The molecular formula is C14H17N3O3. The van der Waals surface area contributed by atoms with Gasteiger partial charge in [0.2, 0.25) is 0 Å². The van der Waals surface area contributed by atoms with Crippen molar-refractivity contribution >= 4 is 22.6 Å². The van der Waals surface area contributed by atoms with E-state index in [1.54, 1.807) is 23.0 Å². The summed E-state index contributed by atoms with van der Waals surface area (Å²) in [5.41, 5.74) is 7.74. The van der Waals surface area contributed by atoms with Gasteiger partial charge in [0.25, 0.3) is 0 Å². The second-order valence-electron chi connectivity index (χ2n) is 4.90. The van der Waals surface area contributed by atoms with Gasteiger partial charge in [-0.3, -0.25) is 0 Å². The second-order valence-corrected chi connectivity index (χ2v) is 4.90. The van der Waals surface area contributed by atoms with Crippen LogP contribution in [0.1, 0.15) is 35.8 Å². The fourth-order valence-electron chi connectivity index (χ4n) is 2.55. The van der Waals surface area contributed by atoms with Gasteiger partial charge >= 0.3 is 5.97 Å². The van der Waals surface area contributed by atoms with E-state index < -0.39 is 5.97 Å². The second kappa shape index (κ2) is 5.13. The summed E-state index contributed by atoms with van der Waals surface area (Å²) < 4.78 is 12.3. The summed E-state index contributed by atoms with van der Waals surface area (Å²) in [6.07, 6.45) is 4.72. The number of methoxy groups -OCH3 is 1. The Morgan fingerprint density at radius 2 is 2.35 bits per heavy atom. The van der Waals surface area contributed by atoms with E-state index >= 15 is 0 Å². The molecular weight excluding hydrogens is 258 g/mol. The molecule has 0 radical (unpaired) electrons. The number of carbonyl (C=O) groups is 1. The van der Waals surface area contributed by atoms with Crippen LogP contribution in [0.5, 0.6) is 0 Å². The van der Waals surface area contributed by atoms with Crippen molar-refractivity contribution in [1.29, 1.82) is 0 Å². The first-order valence-electron chi connectivity index (χ1n) is 6.67. The summed E-state index contributed by atoms with van der Waals surface area (Å²) >= 11 is 0. The van der Waals surface area contributed by atoms with Crippen molar-refractivity contribution in [3.8, 4) is 0 Å². The zero-order chi connectivity index (χ0) is 14.1. The van der Waals surface area contributed by atoms with Crippen LogP contribution in [0.25, 0.3) is 10.9 Å². The van der Waals surface area contributed by atoms with Gasteiger partial charge in [0.05, 0.1) is 24.4 Å². The summed E-state index contributed by atoms with van der Waals surface area (Å²) in [5, 5.41) is 5.19. The van der Waals surface area contributed by atoms with Gasteiger partial charge in [-0.25, -0.2) is 9.48 Å². The van der Waals surface area contributed by atoms with Crippen molar-refractivity contribution in [2.24, 2.45) is 0 Å². The van der Waals surface area contributed by atoms with E-state index in [-0.39, 0.29) is 6.23 Å². The van der Waals surface area contributed by atoms with Crippen molar-refractivity contribution in [3.63, 3.8) is 0 Å². The predicted molar refractivity (Wildman–Crippen MR) is 74.3 cm³/mol. The van der Waals surface area contributed by atoms with Crippen LogP contribution in [0.15, 0.2) is 18.3 Å². The number of rotatable bonds is 2. The quantitative estimate of drug-likeness (QED) is 0.670. The molecule has 0 spiro atoms. The van der Waals surface area contributed by atoms with Crippen LogP contribution in [0.2, 0.25) is 0 Å². The van der Waals surface area contributed by atoms with E-state index in [0.29, 0.717) is 11.3 Å². The van der Waals surface area contributed by atoms with E-state index in [9.17, 15) is 4.79 Å². The normalized spacial score (nSPS) is 19.1. The maximum atomic E-state index is 11.7. The highest BCUT2D eigenvalue weighted by molar-refractivity contribution is 5.99. The monoisotopic (exact) mass is 275 g/mol. The lowest BCUT2D eigenvalue weighted by atomic mass is 10.1. The molecule has 20 heavy (non-hydrogen) atoms. The van der Waals surface area contributed by atoms with Gasteiger partial charge in [-0.15, -0.1) is 0 Å². The Hall–Kier alpha value is -2.08. The molecule has 0 bridgehead atoms. The minimum Gasteiger partial charge on any atom is -0.465 e. The number of ether oxygens (including phenoxy) is 2. The highest BCUT2D eigenvalue weighted by atomic mass is 16.5. The number of hydrogen-bond donors (Lipinski definition) is 1. The fraction of sp³-hybridized carbons (Fsp3) is 0.429. The number of nitrogens with two attached hydrogens (primary N) is 1. The molecule has 1 saturated heterocycles. The minimum absolute atomic E-state index is 0.0893. The Kier molecular flexibility index (Phi) is 3.31. The van der Waals surface area contributed by atoms with Gasteiger partial charge in [0.1, 0.15) is 0 Å².